The molecule has 0 saturated heterocycles. The molecule has 118 valence electrons. The molecular weight excluding hydrogens is 285 g/mol. The summed E-state index contributed by atoms with van der Waals surface area (Å²) in [7, 11) is 0. The molecule has 0 aliphatic heterocycles. The predicted octanol–water partition coefficient (Wildman–Crippen LogP) is 3.26. The van der Waals surface area contributed by atoms with E-state index in [1.165, 1.54) is 0 Å². The van der Waals surface area contributed by atoms with E-state index in [0.717, 1.165) is 5.56 Å². The highest BCUT2D eigenvalue weighted by Gasteiger charge is 2.25. The maximum Gasteiger partial charge on any atom is 0.389 e. The van der Waals surface area contributed by atoms with Crippen molar-refractivity contribution in [3.63, 3.8) is 0 Å². The number of hydrogen-bond acceptors (Lipinski definition) is 3. The van der Waals surface area contributed by atoms with E-state index in [2.05, 4.69) is 5.32 Å². The van der Waals surface area contributed by atoms with Gasteiger partial charge in [-0.25, -0.2) is 0 Å². The van der Waals surface area contributed by atoms with Gasteiger partial charge in [0.2, 0.25) is 5.91 Å². The van der Waals surface area contributed by atoms with E-state index >= 15 is 0 Å². The third-order valence-corrected chi connectivity index (χ3v) is 2.75. The van der Waals surface area contributed by atoms with Gasteiger partial charge >= 0.3 is 6.18 Å². The third kappa shape index (κ3) is 7.55. The van der Waals surface area contributed by atoms with Crippen LogP contribution >= 0.6 is 0 Å². The Balaban J connectivity index is 2.20. The molecule has 0 bridgehead atoms. The topological polar surface area (TPSA) is 64.3 Å². The molecule has 3 N–H and O–H groups in total. The Morgan fingerprint density at radius 1 is 1.33 bits per heavy atom. The lowest BCUT2D eigenvalue weighted by Gasteiger charge is -2.09. The van der Waals surface area contributed by atoms with Gasteiger partial charge < -0.3 is 15.8 Å². The van der Waals surface area contributed by atoms with Crippen molar-refractivity contribution < 1.29 is 22.7 Å². The largest absolute Gasteiger partial charge is 0.399 e. The van der Waals surface area contributed by atoms with Crippen molar-refractivity contribution in [2.24, 2.45) is 0 Å². The van der Waals surface area contributed by atoms with Gasteiger partial charge in [0.05, 0.1) is 13.0 Å². The van der Waals surface area contributed by atoms with E-state index in [4.69, 9.17) is 10.5 Å². The highest BCUT2D eigenvalue weighted by atomic mass is 19.4. The van der Waals surface area contributed by atoms with Gasteiger partial charge in [0.15, 0.2) is 0 Å². The summed E-state index contributed by atoms with van der Waals surface area (Å²) in [5.41, 5.74) is 7.71. The van der Waals surface area contributed by atoms with Crippen LogP contribution in [0.15, 0.2) is 18.2 Å². The highest BCUT2D eigenvalue weighted by molar-refractivity contribution is 5.91. The van der Waals surface area contributed by atoms with E-state index in [9.17, 15) is 18.0 Å². The van der Waals surface area contributed by atoms with Crippen LogP contribution in [0.2, 0.25) is 0 Å². The molecule has 4 nitrogen and oxygen atoms in total. The second-order valence-corrected chi connectivity index (χ2v) is 4.70. The van der Waals surface area contributed by atoms with Crippen LogP contribution < -0.4 is 11.1 Å². The Kier molecular flexibility index (Phi) is 6.48. The number of alkyl halides is 3. The number of carbonyl (C=O) groups is 1. The molecule has 0 spiro atoms. The molecular formula is C14H19F3N2O2. The average Bonchev–Trinajstić information content (AvgIpc) is 2.36. The molecule has 1 aromatic carbocycles. The van der Waals surface area contributed by atoms with Crippen LogP contribution in [0.3, 0.4) is 0 Å². The number of ether oxygens (including phenoxy) is 1. The molecule has 1 aromatic rings. The standard InChI is InChI=1S/C14H19F3N2O2/c1-10-9-11(18)3-4-12(10)19-13(20)5-8-21-7-2-6-14(15,16)17/h3-4,9H,2,5-8,18H2,1H3,(H,19,20). The Bertz CT molecular complexity index is 476. The molecule has 7 heteroatoms. The number of halogens is 3. The molecule has 0 fully saturated rings. The number of carbonyl (C=O) groups excluding carboxylic acids is 1. The summed E-state index contributed by atoms with van der Waals surface area (Å²) in [4.78, 5) is 11.6. The average molecular weight is 304 g/mol. The molecule has 1 rings (SSSR count). The van der Waals surface area contributed by atoms with Crippen molar-refractivity contribution in [3.8, 4) is 0 Å². The smallest absolute Gasteiger partial charge is 0.389 e. The van der Waals surface area contributed by atoms with Crippen LogP contribution in [0, 0.1) is 6.92 Å². The number of nitrogen functional groups attached to an aromatic ring is 1. The zero-order chi connectivity index (χ0) is 15.9. The van der Waals surface area contributed by atoms with Crippen LogP contribution in [0.5, 0.6) is 0 Å². The lowest BCUT2D eigenvalue weighted by Crippen LogP contribution is -2.15. The van der Waals surface area contributed by atoms with Crippen molar-refractivity contribution in [1.82, 2.24) is 0 Å². The van der Waals surface area contributed by atoms with Gasteiger partial charge in [0.1, 0.15) is 0 Å². The maximum atomic E-state index is 11.9. The van der Waals surface area contributed by atoms with Gasteiger partial charge in [-0.2, -0.15) is 13.2 Å². The predicted molar refractivity (Wildman–Crippen MR) is 74.9 cm³/mol. The van der Waals surface area contributed by atoms with Crippen LogP contribution in [0.25, 0.3) is 0 Å². The molecule has 0 heterocycles. The molecule has 0 saturated carbocycles. The first-order chi connectivity index (χ1) is 9.78. The molecule has 21 heavy (non-hydrogen) atoms. The Labute approximate surface area is 121 Å². The minimum absolute atomic E-state index is 0.00626. The van der Waals surface area contributed by atoms with Crippen LogP contribution in [-0.2, 0) is 9.53 Å². The van der Waals surface area contributed by atoms with E-state index < -0.39 is 12.6 Å². The fourth-order valence-electron chi connectivity index (χ4n) is 1.68. The van der Waals surface area contributed by atoms with E-state index in [0.29, 0.717) is 11.4 Å². The third-order valence-electron chi connectivity index (χ3n) is 2.75. The van der Waals surface area contributed by atoms with Gasteiger partial charge in [-0.1, -0.05) is 0 Å². The van der Waals surface area contributed by atoms with Crippen LogP contribution in [0.1, 0.15) is 24.8 Å². The molecule has 1 amide bonds. The van der Waals surface area contributed by atoms with Crippen molar-refractivity contribution >= 4 is 17.3 Å². The van der Waals surface area contributed by atoms with Gasteiger partial charge in [-0.15, -0.1) is 0 Å². The van der Waals surface area contributed by atoms with Gasteiger partial charge in [0, 0.05) is 24.4 Å². The first-order valence-corrected chi connectivity index (χ1v) is 6.58. The summed E-state index contributed by atoms with van der Waals surface area (Å²) in [5, 5.41) is 2.70. The summed E-state index contributed by atoms with van der Waals surface area (Å²) < 4.78 is 40.6. The molecule has 0 unspecified atom stereocenters. The highest BCUT2D eigenvalue weighted by Crippen LogP contribution is 2.21. The van der Waals surface area contributed by atoms with Crippen molar-refractivity contribution in [2.45, 2.75) is 32.4 Å². The van der Waals surface area contributed by atoms with E-state index in [1.54, 1.807) is 18.2 Å². The minimum Gasteiger partial charge on any atom is -0.399 e. The number of anilines is 2. The van der Waals surface area contributed by atoms with Crippen molar-refractivity contribution in [3.05, 3.63) is 23.8 Å². The summed E-state index contributed by atoms with van der Waals surface area (Å²) in [6, 6.07) is 5.12. The zero-order valence-corrected chi connectivity index (χ0v) is 11.8. The second-order valence-electron chi connectivity index (χ2n) is 4.70. The fraction of sp³-hybridized carbons (Fsp3) is 0.500. The van der Waals surface area contributed by atoms with Gasteiger partial charge in [-0.05, 0) is 37.1 Å². The number of nitrogens with one attached hydrogen (secondary N) is 1. The Morgan fingerprint density at radius 2 is 2.05 bits per heavy atom. The van der Waals surface area contributed by atoms with Crippen LogP contribution in [0.4, 0.5) is 24.5 Å². The lowest BCUT2D eigenvalue weighted by molar-refractivity contribution is -0.138. The number of amides is 1. The Hall–Kier alpha value is -1.76. The zero-order valence-electron chi connectivity index (χ0n) is 11.8. The van der Waals surface area contributed by atoms with Crippen LogP contribution in [-0.4, -0.2) is 25.3 Å². The number of aryl methyl sites for hydroxylation is 1. The number of rotatable bonds is 7. The van der Waals surface area contributed by atoms with Gasteiger partial charge in [0.25, 0.3) is 0 Å². The summed E-state index contributed by atoms with van der Waals surface area (Å²) in [6.07, 6.45) is -5.03. The Morgan fingerprint density at radius 3 is 2.67 bits per heavy atom. The summed E-state index contributed by atoms with van der Waals surface area (Å²) >= 11 is 0. The summed E-state index contributed by atoms with van der Waals surface area (Å²) in [6.45, 7) is 1.91. The van der Waals surface area contributed by atoms with E-state index in [1.807, 2.05) is 6.92 Å². The SMILES string of the molecule is Cc1cc(N)ccc1NC(=O)CCOCCCC(F)(F)F. The second kappa shape index (κ2) is 7.87. The van der Waals surface area contributed by atoms with Crippen molar-refractivity contribution in [1.29, 1.82) is 0 Å². The minimum atomic E-state index is -4.16. The first kappa shape index (κ1) is 17.3. The molecule has 0 aromatic heterocycles. The number of nitrogens with two attached hydrogens (primary N) is 1. The molecule has 0 aliphatic rings. The quantitative estimate of drug-likeness (QED) is 0.600. The monoisotopic (exact) mass is 304 g/mol. The lowest BCUT2D eigenvalue weighted by atomic mass is 10.2. The summed E-state index contributed by atoms with van der Waals surface area (Å²) in [5.74, 6) is -0.251. The number of benzene rings is 1. The van der Waals surface area contributed by atoms with Gasteiger partial charge in [-0.3, -0.25) is 4.79 Å². The normalized spacial score (nSPS) is 11.4. The molecule has 0 atom stereocenters. The van der Waals surface area contributed by atoms with E-state index in [-0.39, 0.29) is 32.0 Å². The fourth-order valence-corrected chi connectivity index (χ4v) is 1.68. The first-order valence-electron chi connectivity index (χ1n) is 6.58. The molecule has 0 aliphatic carbocycles. The maximum absolute atomic E-state index is 11.9. The van der Waals surface area contributed by atoms with Crippen molar-refractivity contribution in [2.75, 3.05) is 24.3 Å². The molecule has 0 radical (unpaired) electrons. The number of hydrogen-bond donors (Lipinski definition) is 2.